The quantitative estimate of drug-likeness (QED) is 0.461. The van der Waals surface area contributed by atoms with Gasteiger partial charge in [0.25, 0.3) is 0 Å². The summed E-state index contributed by atoms with van der Waals surface area (Å²) in [5, 5.41) is 8.11. The Labute approximate surface area is 197 Å². The highest BCUT2D eigenvalue weighted by Crippen LogP contribution is 2.51. The number of fused-ring (bicyclic) bond motifs is 3. The zero-order valence-corrected chi connectivity index (χ0v) is 19.1. The molecule has 0 radical (unpaired) electrons. The van der Waals surface area contributed by atoms with Gasteiger partial charge in [0.15, 0.2) is 11.5 Å². The molecule has 0 saturated heterocycles. The van der Waals surface area contributed by atoms with Gasteiger partial charge in [-0.25, -0.2) is 4.68 Å². The van der Waals surface area contributed by atoms with Crippen molar-refractivity contribution in [3.05, 3.63) is 101 Å². The number of ether oxygens (including phenoxy) is 3. The number of nitrogens with zero attached hydrogens (tertiary/aromatic N) is 3. The van der Waals surface area contributed by atoms with Gasteiger partial charge >= 0.3 is 0 Å². The van der Waals surface area contributed by atoms with Crippen LogP contribution in [0.15, 0.2) is 78.6 Å². The summed E-state index contributed by atoms with van der Waals surface area (Å²) in [6.07, 6.45) is 1.21. The summed E-state index contributed by atoms with van der Waals surface area (Å²) in [5.74, 6) is 2.84. The molecule has 6 rings (SSSR count). The summed E-state index contributed by atoms with van der Waals surface area (Å²) in [7, 11) is 3.28. The fourth-order valence-corrected chi connectivity index (χ4v) is 4.78. The van der Waals surface area contributed by atoms with E-state index in [4.69, 9.17) is 14.2 Å². The van der Waals surface area contributed by atoms with Gasteiger partial charge in [0.1, 0.15) is 24.2 Å². The number of anilines is 1. The second-order valence-corrected chi connectivity index (χ2v) is 8.41. The van der Waals surface area contributed by atoms with Crippen LogP contribution in [0.1, 0.15) is 34.4 Å². The smallest absolute Gasteiger partial charge is 0.226 e. The highest BCUT2D eigenvalue weighted by atomic mass is 16.5. The van der Waals surface area contributed by atoms with Gasteiger partial charge < -0.3 is 19.5 Å². The van der Waals surface area contributed by atoms with E-state index in [1.165, 1.54) is 5.56 Å². The molecule has 0 spiro atoms. The third-order valence-electron chi connectivity index (χ3n) is 6.42. The third kappa shape index (κ3) is 3.12. The lowest BCUT2D eigenvalue weighted by atomic mass is 9.84. The normalized spacial score (nSPS) is 18.2. The van der Waals surface area contributed by atoms with Crippen molar-refractivity contribution in [3.63, 3.8) is 0 Å². The molecule has 7 heteroatoms. The van der Waals surface area contributed by atoms with Crippen molar-refractivity contribution in [2.45, 2.75) is 19.1 Å². The predicted molar refractivity (Wildman–Crippen MR) is 129 cm³/mol. The SMILES string of the molecule is COc1ccc([C@@H]2Oc3ccccc3C3=C2[C@@H](c2ccc(C)cc2)n2ncnc2N3)cc1OC. The van der Waals surface area contributed by atoms with Crippen LogP contribution in [0.3, 0.4) is 0 Å². The van der Waals surface area contributed by atoms with Crippen LogP contribution >= 0.6 is 0 Å². The van der Waals surface area contributed by atoms with Crippen LogP contribution in [0.5, 0.6) is 17.2 Å². The van der Waals surface area contributed by atoms with Crippen molar-refractivity contribution < 1.29 is 14.2 Å². The lowest BCUT2D eigenvalue weighted by molar-refractivity contribution is 0.222. The number of hydrogen-bond acceptors (Lipinski definition) is 6. The molecule has 0 aliphatic carbocycles. The molecule has 0 unspecified atom stereocenters. The summed E-state index contributed by atoms with van der Waals surface area (Å²) >= 11 is 0. The van der Waals surface area contributed by atoms with Crippen LogP contribution in [0, 0.1) is 6.92 Å². The average molecular weight is 453 g/mol. The number of benzene rings is 3. The van der Waals surface area contributed by atoms with Gasteiger partial charge in [-0.2, -0.15) is 10.1 Å². The second kappa shape index (κ2) is 7.95. The highest BCUT2D eigenvalue weighted by Gasteiger charge is 2.41. The second-order valence-electron chi connectivity index (χ2n) is 8.41. The van der Waals surface area contributed by atoms with E-state index in [0.29, 0.717) is 17.4 Å². The first-order valence-corrected chi connectivity index (χ1v) is 11.1. The maximum Gasteiger partial charge on any atom is 0.226 e. The molecule has 2 aliphatic rings. The Hall–Kier alpha value is -4.26. The lowest BCUT2D eigenvalue weighted by Crippen LogP contribution is -2.32. The van der Waals surface area contributed by atoms with E-state index in [1.54, 1.807) is 20.5 Å². The van der Waals surface area contributed by atoms with E-state index in [0.717, 1.165) is 33.7 Å². The van der Waals surface area contributed by atoms with Crippen molar-refractivity contribution in [2.75, 3.05) is 19.5 Å². The van der Waals surface area contributed by atoms with Gasteiger partial charge in [-0.1, -0.05) is 48.0 Å². The Bertz CT molecular complexity index is 1410. The lowest BCUT2D eigenvalue weighted by Gasteiger charge is -2.39. The molecule has 2 aliphatic heterocycles. The van der Waals surface area contributed by atoms with Crippen LogP contribution in [-0.4, -0.2) is 29.0 Å². The summed E-state index contributed by atoms with van der Waals surface area (Å²) in [4.78, 5) is 4.49. The van der Waals surface area contributed by atoms with Crippen LogP contribution in [0.4, 0.5) is 5.95 Å². The van der Waals surface area contributed by atoms with Crippen molar-refractivity contribution in [2.24, 2.45) is 0 Å². The van der Waals surface area contributed by atoms with Gasteiger partial charge in [0.2, 0.25) is 5.95 Å². The molecular weight excluding hydrogens is 428 g/mol. The Kier molecular flexibility index (Phi) is 4.76. The zero-order valence-electron chi connectivity index (χ0n) is 19.1. The molecule has 0 saturated carbocycles. The van der Waals surface area contributed by atoms with Crippen LogP contribution < -0.4 is 19.5 Å². The van der Waals surface area contributed by atoms with Gasteiger partial charge in [0.05, 0.1) is 19.9 Å². The Balaban J connectivity index is 1.60. The molecule has 2 atom stereocenters. The van der Waals surface area contributed by atoms with Crippen molar-refractivity contribution >= 4 is 11.6 Å². The number of rotatable bonds is 4. The van der Waals surface area contributed by atoms with E-state index < -0.39 is 0 Å². The number of para-hydroxylation sites is 1. The minimum atomic E-state index is -0.374. The molecule has 0 bridgehead atoms. The molecule has 3 heterocycles. The van der Waals surface area contributed by atoms with Crippen molar-refractivity contribution in [3.8, 4) is 17.2 Å². The summed E-state index contributed by atoms with van der Waals surface area (Å²) in [6, 6.07) is 22.3. The van der Waals surface area contributed by atoms with E-state index >= 15 is 0 Å². The third-order valence-corrected chi connectivity index (χ3v) is 6.42. The fourth-order valence-electron chi connectivity index (χ4n) is 4.78. The van der Waals surface area contributed by atoms with E-state index in [9.17, 15) is 0 Å². The molecule has 7 nitrogen and oxygen atoms in total. The highest BCUT2D eigenvalue weighted by molar-refractivity contribution is 5.85. The molecule has 0 amide bonds. The first kappa shape index (κ1) is 20.4. The van der Waals surface area contributed by atoms with Gasteiger partial charge in [-0.3, -0.25) is 0 Å². The number of hydrogen-bond donors (Lipinski definition) is 1. The first-order valence-electron chi connectivity index (χ1n) is 11.1. The largest absolute Gasteiger partial charge is 0.493 e. The minimum absolute atomic E-state index is 0.194. The number of nitrogens with one attached hydrogen (secondary N) is 1. The molecule has 1 N–H and O–H groups in total. The molecule has 0 fully saturated rings. The van der Waals surface area contributed by atoms with Gasteiger partial charge in [-0.15, -0.1) is 0 Å². The van der Waals surface area contributed by atoms with E-state index in [1.807, 2.05) is 41.1 Å². The fraction of sp³-hybridized carbons (Fsp3) is 0.185. The molecular formula is C27H24N4O3. The van der Waals surface area contributed by atoms with E-state index in [-0.39, 0.29) is 12.1 Å². The average Bonchev–Trinajstić information content (AvgIpc) is 3.35. The van der Waals surface area contributed by atoms with E-state index in [2.05, 4.69) is 52.7 Å². The molecule has 34 heavy (non-hydrogen) atoms. The van der Waals surface area contributed by atoms with Gasteiger partial charge in [-0.05, 0) is 36.8 Å². The summed E-state index contributed by atoms with van der Waals surface area (Å²) in [5.41, 5.74) is 6.33. The van der Waals surface area contributed by atoms with Crippen molar-refractivity contribution in [1.82, 2.24) is 14.8 Å². The first-order chi connectivity index (χ1) is 16.7. The summed E-state index contributed by atoms with van der Waals surface area (Å²) < 4.78 is 19.7. The number of aryl methyl sites for hydroxylation is 1. The van der Waals surface area contributed by atoms with Crippen LogP contribution in [0.25, 0.3) is 5.70 Å². The van der Waals surface area contributed by atoms with Crippen LogP contribution in [0.2, 0.25) is 0 Å². The van der Waals surface area contributed by atoms with Crippen molar-refractivity contribution in [1.29, 1.82) is 0 Å². The zero-order chi connectivity index (χ0) is 23.2. The molecule has 1 aromatic heterocycles. The number of methoxy groups -OCH3 is 2. The predicted octanol–water partition coefficient (Wildman–Crippen LogP) is 5.16. The molecule has 4 aromatic rings. The Morgan fingerprint density at radius 3 is 2.47 bits per heavy atom. The maximum atomic E-state index is 6.67. The Morgan fingerprint density at radius 1 is 0.912 bits per heavy atom. The minimum Gasteiger partial charge on any atom is -0.493 e. The van der Waals surface area contributed by atoms with Gasteiger partial charge in [0, 0.05) is 16.7 Å². The Morgan fingerprint density at radius 2 is 1.68 bits per heavy atom. The summed E-state index contributed by atoms with van der Waals surface area (Å²) in [6.45, 7) is 2.09. The molecule has 3 aromatic carbocycles. The number of aromatic nitrogens is 3. The molecule has 170 valence electrons. The topological polar surface area (TPSA) is 70.4 Å². The monoisotopic (exact) mass is 452 g/mol. The maximum absolute atomic E-state index is 6.67. The van der Waals surface area contributed by atoms with Crippen LogP contribution in [-0.2, 0) is 0 Å². The standard InChI is InChI=1S/C27H24N4O3/c1-16-8-10-17(11-9-16)25-23-24(30-27-28-15-29-31(25)27)19-6-4-5-7-20(19)34-26(23)18-12-13-21(32-2)22(14-18)33-3/h4-15,25-26H,1-3H3,(H,28,29,30)/t25-,26+/m1/s1.